The molecule has 1 aromatic carbocycles. The smallest absolute Gasteiger partial charge is 0.355 e. The van der Waals surface area contributed by atoms with Gasteiger partial charge in [-0.25, -0.2) is 14.8 Å². The first kappa shape index (κ1) is 11.5. The van der Waals surface area contributed by atoms with Gasteiger partial charge in [0.25, 0.3) is 0 Å². The summed E-state index contributed by atoms with van der Waals surface area (Å²) in [5.41, 5.74) is 1.71. The van der Waals surface area contributed by atoms with Gasteiger partial charge in [0, 0.05) is 11.8 Å². The van der Waals surface area contributed by atoms with E-state index in [1.165, 1.54) is 0 Å². The predicted molar refractivity (Wildman–Crippen MR) is 65.2 cm³/mol. The van der Waals surface area contributed by atoms with Crippen LogP contribution >= 0.6 is 0 Å². The van der Waals surface area contributed by atoms with Crippen molar-refractivity contribution in [2.24, 2.45) is 0 Å². The zero-order valence-electron chi connectivity index (χ0n) is 9.90. The molecular formula is C13H14N2O2. The van der Waals surface area contributed by atoms with Crippen molar-refractivity contribution in [2.45, 2.75) is 26.7 Å². The molecule has 2 rings (SSSR count). The number of aryl methyl sites for hydroxylation is 2. The minimum atomic E-state index is -0.996. The Hall–Kier alpha value is -1.97. The van der Waals surface area contributed by atoms with E-state index in [4.69, 9.17) is 0 Å². The van der Waals surface area contributed by atoms with Crippen LogP contribution in [-0.4, -0.2) is 21.0 Å². The molecule has 0 saturated heterocycles. The topological polar surface area (TPSA) is 63.1 Å². The second kappa shape index (κ2) is 4.49. The van der Waals surface area contributed by atoms with E-state index < -0.39 is 5.97 Å². The molecule has 0 radical (unpaired) electrons. The van der Waals surface area contributed by atoms with Crippen molar-refractivity contribution in [2.75, 3.05) is 0 Å². The third kappa shape index (κ3) is 2.11. The van der Waals surface area contributed by atoms with Crippen molar-refractivity contribution >= 4 is 16.9 Å². The monoisotopic (exact) mass is 230 g/mol. The molecule has 0 amide bonds. The average molecular weight is 230 g/mol. The number of carboxylic acids is 1. The summed E-state index contributed by atoms with van der Waals surface area (Å²) in [6.07, 6.45) is 1.60. The maximum absolute atomic E-state index is 11.2. The van der Waals surface area contributed by atoms with Gasteiger partial charge < -0.3 is 5.11 Å². The van der Waals surface area contributed by atoms with E-state index in [1.807, 2.05) is 32.0 Å². The minimum absolute atomic E-state index is 0.108. The lowest BCUT2D eigenvalue weighted by Gasteiger charge is -2.07. The maximum atomic E-state index is 11.2. The lowest BCUT2D eigenvalue weighted by atomic mass is 10.1. The molecule has 4 nitrogen and oxygen atoms in total. The van der Waals surface area contributed by atoms with Gasteiger partial charge in [-0.05, 0) is 25.0 Å². The Kier molecular flexibility index (Phi) is 3.04. The first-order chi connectivity index (χ1) is 8.13. The minimum Gasteiger partial charge on any atom is -0.476 e. The van der Waals surface area contributed by atoms with E-state index in [2.05, 4.69) is 9.97 Å². The van der Waals surface area contributed by atoms with Crippen LogP contribution in [0.4, 0.5) is 0 Å². The standard InChI is InChI=1S/C13H14N2O2/c1-3-5-10-14-9-7-4-6-8(2)11(9)12(15-10)13(16)17/h4,6-7H,3,5H2,1-2H3,(H,16,17). The summed E-state index contributed by atoms with van der Waals surface area (Å²) in [6, 6.07) is 5.58. The molecule has 1 heterocycles. The molecule has 0 aliphatic rings. The highest BCUT2D eigenvalue weighted by Crippen LogP contribution is 2.20. The molecule has 2 aromatic rings. The highest BCUT2D eigenvalue weighted by molar-refractivity contribution is 6.01. The van der Waals surface area contributed by atoms with Gasteiger partial charge in [0.2, 0.25) is 0 Å². The maximum Gasteiger partial charge on any atom is 0.355 e. The number of rotatable bonds is 3. The molecule has 4 heteroatoms. The van der Waals surface area contributed by atoms with Gasteiger partial charge in [0.15, 0.2) is 5.69 Å². The van der Waals surface area contributed by atoms with Crippen LogP contribution in [0.2, 0.25) is 0 Å². The summed E-state index contributed by atoms with van der Waals surface area (Å²) in [5.74, 6) is -0.396. The van der Waals surface area contributed by atoms with E-state index in [0.717, 1.165) is 12.0 Å². The van der Waals surface area contributed by atoms with Crippen molar-refractivity contribution in [3.05, 3.63) is 35.3 Å². The molecule has 0 bridgehead atoms. The van der Waals surface area contributed by atoms with E-state index in [-0.39, 0.29) is 5.69 Å². The summed E-state index contributed by atoms with van der Waals surface area (Å²) in [4.78, 5) is 19.8. The van der Waals surface area contributed by atoms with Crippen molar-refractivity contribution in [3.63, 3.8) is 0 Å². The summed E-state index contributed by atoms with van der Waals surface area (Å²) >= 11 is 0. The van der Waals surface area contributed by atoms with Crippen molar-refractivity contribution in [1.29, 1.82) is 0 Å². The zero-order valence-corrected chi connectivity index (χ0v) is 9.90. The lowest BCUT2D eigenvalue weighted by molar-refractivity contribution is 0.0692. The Morgan fingerprint density at radius 3 is 2.76 bits per heavy atom. The number of hydrogen-bond donors (Lipinski definition) is 1. The second-order valence-corrected chi connectivity index (χ2v) is 4.01. The molecule has 88 valence electrons. The van der Waals surface area contributed by atoms with Crippen molar-refractivity contribution < 1.29 is 9.90 Å². The molecule has 0 saturated carbocycles. The van der Waals surface area contributed by atoms with Gasteiger partial charge in [-0.1, -0.05) is 19.1 Å². The van der Waals surface area contributed by atoms with Crippen LogP contribution in [-0.2, 0) is 6.42 Å². The summed E-state index contributed by atoms with van der Waals surface area (Å²) in [7, 11) is 0. The van der Waals surface area contributed by atoms with Gasteiger partial charge >= 0.3 is 5.97 Å². The second-order valence-electron chi connectivity index (χ2n) is 4.01. The van der Waals surface area contributed by atoms with E-state index >= 15 is 0 Å². The number of carboxylic acid groups (broad SMARTS) is 1. The van der Waals surface area contributed by atoms with E-state index in [1.54, 1.807) is 0 Å². The molecule has 0 aliphatic heterocycles. The Labute approximate surface area is 99.3 Å². The Bertz CT molecular complexity index is 579. The zero-order chi connectivity index (χ0) is 12.4. The Morgan fingerprint density at radius 2 is 2.12 bits per heavy atom. The molecular weight excluding hydrogens is 216 g/mol. The number of hydrogen-bond acceptors (Lipinski definition) is 3. The van der Waals surface area contributed by atoms with Gasteiger partial charge in [-0.2, -0.15) is 0 Å². The molecule has 1 aromatic heterocycles. The Balaban J connectivity index is 2.77. The quantitative estimate of drug-likeness (QED) is 0.880. The SMILES string of the molecule is CCCc1nc(C(=O)O)c2c(C)cccc2n1. The van der Waals surface area contributed by atoms with E-state index in [9.17, 15) is 9.90 Å². The van der Waals surface area contributed by atoms with Crippen LogP contribution < -0.4 is 0 Å². The van der Waals surface area contributed by atoms with Crippen LogP contribution in [0, 0.1) is 6.92 Å². The number of carbonyl (C=O) groups is 1. The molecule has 0 spiro atoms. The normalized spacial score (nSPS) is 10.7. The van der Waals surface area contributed by atoms with Gasteiger partial charge in [-0.3, -0.25) is 0 Å². The predicted octanol–water partition coefficient (Wildman–Crippen LogP) is 2.59. The van der Waals surface area contributed by atoms with E-state index in [0.29, 0.717) is 23.1 Å². The highest BCUT2D eigenvalue weighted by Gasteiger charge is 2.14. The fourth-order valence-electron chi connectivity index (χ4n) is 1.89. The third-order valence-corrected chi connectivity index (χ3v) is 2.65. The number of aromatic carboxylic acids is 1. The molecule has 0 atom stereocenters. The number of fused-ring (bicyclic) bond motifs is 1. The number of aromatic nitrogens is 2. The van der Waals surface area contributed by atoms with Crippen molar-refractivity contribution in [3.8, 4) is 0 Å². The third-order valence-electron chi connectivity index (χ3n) is 2.65. The fraction of sp³-hybridized carbons (Fsp3) is 0.308. The number of benzene rings is 1. The highest BCUT2D eigenvalue weighted by atomic mass is 16.4. The average Bonchev–Trinajstić information content (AvgIpc) is 2.28. The van der Waals surface area contributed by atoms with Crippen LogP contribution in [0.1, 0.15) is 35.2 Å². The van der Waals surface area contributed by atoms with Crippen LogP contribution in [0.5, 0.6) is 0 Å². The molecule has 17 heavy (non-hydrogen) atoms. The van der Waals surface area contributed by atoms with Crippen LogP contribution in [0.15, 0.2) is 18.2 Å². The summed E-state index contributed by atoms with van der Waals surface area (Å²) in [5, 5.41) is 9.85. The molecule has 0 aliphatic carbocycles. The molecule has 0 unspecified atom stereocenters. The Morgan fingerprint density at radius 1 is 1.35 bits per heavy atom. The molecule has 1 N–H and O–H groups in total. The lowest BCUT2D eigenvalue weighted by Crippen LogP contribution is -2.07. The first-order valence-corrected chi connectivity index (χ1v) is 5.63. The fourth-order valence-corrected chi connectivity index (χ4v) is 1.89. The van der Waals surface area contributed by atoms with Gasteiger partial charge in [-0.15, -0.1) is 0 Å². The first-order valence-electron chi connectivity index (χ1n) is 5.63. The van der Waals surface area contributed by atoms with Gasteiger partial charge in [0.05, 0.1) is 5.52 Å². The van der Waals surface area contributed by atoms with Crippen LogP contribution in [0.25, 0.3) is 10.9 Å². The summed E-state index contributed by atoms with van der Waals surface area (Å²) < 4.78 is 0. The van der Waals surface area contributed by atoms with Crippen molar-refractivity contribution in [1.82, 2.24) is 9.97 Å². The van der Waals surface area contributed by atoms with Gasteiger partial charge in [0.1, 0.15) is 5.82 Å². The molecule has 0 fully saturated rings. The summed E-state index contributed by atoms with van der Waals surface area (Å²) in [6.45, 7) is 3.89. The largest absolute Gasteiger partial charge is 0.476 e. The van der Waals surface area contributed by atoms with Crippen LogP contribution in [0.3, 0.4) is 0 Å². The number of nitrogens with zero attached hydrogens (tertiary/aromatic N) is 2.